The molecule has 2 N–H and O–H groups in total. The smallest absolute Gasteiger partial charge is 0.257 e. The average molecular weight is 438 g/mol. The summed E-state index contributed by atoms with van der Waals surface area (Å²) >= 11 is 1.55. The van der Waals surface area contributed by atoms with Crippen LogP contribution in [-0.2, 0) is 4.79 Å². The molecule has 5 nitrogen and oxygen atoms in total. The number of nitrogens with zero attached hydrogens (tertiary/aromatic N) is 1. The third-order valence-electron chi connectivity index (χ3n) is 6.08. The largest absolute Gasteiger partial charge is 0.343 e. The molecule has 1 aliphatic heterocycles. The zero-order valence-electron chi connectivity index (χ0n) is 19.0. The minimum Gasteiger partial charge on any atom is -0.343 e. The number of H-pyrrole nitrogens is 1. The first-order valence-corrected chi connectivity index (χ1v) is 12.1. The fourth-order valence-corrected chi connectivity index (χ4v) is 5.29. The predicted octanol–water partition coefficient (Wildman–Crippen LogP) is 5.60. The van der Waals surface area contributed by atoms with E-state index in [1.807, 2.05) is 0 Å². The van der Waals surface area contributed by atoms with Gasteiger partial charge in [-0.1, -0.05) is 70.6 Å². The number of ketones is 1. The molecule has 1 aromatic carbocycles. The van der Waals surface area contributed by atoms with Gasteiger partial charge in [0.05, 0.1) is 5.56 Å². The topological polar surface area (TPSA) is 74.8 Å². The first kappa shape index (κ1) is 21.9. The average Bonchev–Trinajstić information content (AvgIpc) is 2.69. The van der Waals surface area contributed by atoms with Crippen molar-refractivity contribution in [1.29, 1.82) is 0 Å². The second kappa shape index (κ2) is 8.30. The summed E-state index contributed by atoms with van der Waals surface area (Å²) in [5.41, 5.74) is 4.10. The summed E-state index contributed by atoms with van der Waals surface area (Å²) in [5.74, 6) is 1.62. The zero-order chi connectivity index (χ0) is 22.3. The van der Waals surface area contributed by atoms with Crippen LogP contribution in [0, 0.1) is 5.41 Å². The summed E-state index contributed by atoms with van der Waals surface area (Å²) in [7, 11) is 0. The lowest BCUT2D eigenvalue weighted by molar-refractivity contribution is -0.118. The van der Waals surface area contributed by atoms with Crippen LogP contribution in [0.5, 0.6) is 0 Å². The monoisotopic (exact) mass is 437 g/mol. The van der Waals surface area contributed by atoms with Crippen LogP contribution in [-0.4, -0.2) is 21.5 Å². The Labute approximate surface area is 188 Å². The van der Waals surface area contributed by atoms with Crippen LogP contribution in [0.2, 0.25) is 0 Å². The number of hydrogen-bond acceptors (Lipinski definition) is 5. The van der Waals surface area contributed by atoms with Gasteiger partial charge >= 0.3 is 0 Å². The van der Waals surface area contributed by atoms with Gasteiger partial charge in [-0.05, 0) is 35.3 Å². The van der Waals surface area contributed by atoms with Crippen molar-refractivity contribution in [2.24, 2.45) is 5.41 Å². The Balaban J connectivity index is 1.88. The van der Waals surface area contributed by atoms with Gasteiger partial charge in [-0.15, -0.1) is 0 Å². The van der Waals surface area contributed by atoms with Crippen molar-refractivity contribution >= 4 is 23.4 Å². The number of aromatic nitrogens is 2. The summed E-state index contributed by atoms with van der Waals surface area (Å²) in [6, 6.07) is 8.33. The van der Waals surface area contributed by atoms with E-state index < -0.39 is 5.92 Å². The number of Topliss-reactive ketones (excluding diaryl/α,β-unsaturated/α-hetero) is 1. The van der Waals surface area contributed by atoms with Crippen molar-refractivity contribution in [3.05, 3.63) is 62.6 Å². The molecular formula is C25H31N3O2S. The molecule has 4 rings (SSSR count). The van der Waals surface area contributed by atoms with E-state index in [0.717, 1.165) is 35.4 Å². The minimum absolute atomic E-state index is 0.117. The Morgan fingerprint density at radius 1 is 1.16 bits per heavy atom. The maximum absolute atomic E-state index is 13.3. The van der Waals surface area contributed by atoms with Gasteiger partial charge in [-0.3, -0.25) is 9.59 Å². The van der Waals surface area contributed by atoms with Crippen molar-refractivity contribution in [3.63, 3.8) is 0 Å². The molecule has 2 aliphatic rings. The predicted molar refractivity (Wildman–Crippen MR) is 127 cm³/mol. The van der Waals surface area contributed by atoms with E-state index in [1.54, 1.807) is 11.8 Å². The Morgan fingerprint density at radius 2 is 1.87 bits per heavy atom. The summed E-state index contributed by atoms with van der Waals surface area (Å²) in [6.07, 6.45) is 2.25. The fourth-order valence-electron chi connectivity index (χ4n) is 4.57. The molecule has 2 heterocycles. The SMILES string of the molecule is CCCSc1nc2c(c(=O)[nH]1)[C@@H](c1ccc(C(C)C)cc1)C1=C(CC(C)(C)CC1=O)N2. The summed E-state index contributed by atoms with van der Waals surface area (Å²) in [6.45, 7) is 10.7. The number of thioether (sulfide) groups is 1. The fraction of sp³-hybridized carbons (Fsp3) is 0.480. The molecule has 31 heavy (non-hydrogen) atoms. The Bertz CT molecular complexity index is 1100. The number of carbonyl (C=O) groups excluding carboxylic acids is 1. The lowest BCUT2D eigenvalue weighted by Crippen LogP contribution is -2.37. The van der Waals surface area contributed by atoms with Gasteiger partial charge in [-0.2, -0.15) is 0 Å². The van der Waals surface area contributed by atoms with Gasteiger partial charge in [0.25, 0.3) is 5.56 Å². The van der Waals surface area contributed by atoms with Crippen LogP contribution < -0.4 is 10.9 Å². The molecule has 0 radical (unpaired) electrons. The van der Waals surface area contributed by atoms with E-state index in [2.05, 4.69) is 69.2 Å². The number of anilines is 1. The van der Waals surface area contributed by atoms with Crippen molar-refractivity contribution in [2.45, 2.75) is 70.9 Å². The van der Waals surface area contributed by atoms with Gasteiger partial charge < -0.3 is 10.3 Å². The molecule has 0 amide bonds. The summed E-state index contributed by atoms with van der Waals surface area (Å²) < 4.78 is 0. The lowest BCUT2D eigenvalue weighted by Gasteiger charge is -2.38. The Morgan fingerprint density at radius 3 is 2.52 bits per heavy atom. The zero-order valence-corrected chi connectivity index (χ0v) is 19.8. The second-order valence-corrected chi connectivity index (χ2v) is 10.8. The molecule has 0 saturated heterocycles. The third-order valence-corrected chi connectivity index (χ3v) is 7.16. The van der Waals surface area contributed by atoms with Gasteiger partial charge in [0.15, 0.2) is 10.9 Å². The molecule has 1 aromatic heterocycles. The number of rotatable bonds is 5. The Hall–Kier alpha value is -2.34. The summed E-state index contributed by atoms with van der Waals surface area (Å²) in [4.78, 5) is 34.2. The van der Waals surface area contributed by atoms with E-state index in [9.17, 15) is 9.59 Å². The number of carbonyl (C=O) groups is 1. The van der Waals surface area contributed by atoms with Crippen molar-refractivity contribution in [3.8, 4) is 0 Å². The number of fused-ring (bicyclic) bond motifs is 1. The number of nitrogens with one attached hydrogen (secondary N) is 2. The number of benzene rings is 1. The van der Waals surface area contributed by atoms with Crippen LogP contribution >= 0.6 is 11.8 Å². The molecule has 0 unspecified atom stereocenters. The first-order chi connectivity index (χ1) is 14.7. The quantitative estimate of drug-likeness (QED) is 0.471. The van der Waals surface area contributed by atoms with Crippen LogP contribution in [0.25, 0.3) is 0 Å². The van der Waals surface area contributed by atoms with Crippen molar-refractivity contribution in [2.75, 3.05) is 11.1 Å². The highest BCUT2D eigenvalue weighted by Crippen LogP contribution is 2.47. The van der Waals surface area contributed by atoms with E-state index >= 15 is 0 Å². The lowest BCUT2D eigenvalue weighted by atomic mass is 9.69. The molecule has 0 fully saturated rings. The van der Waals surface area contributed by atoms with Crippen LogP contribution in [0.3, 0.4) is 0 Å². The summed E-state index contributed by atoms with van der Waals surface area (Å²) in [5, 5.41) is 4.01. The number of hydrogen-bond donors (Lipinski definition) is 2. The van der Waals surface area contributed by atoms with Crippen LogP contribution in [0.4, 0.5) is 5.82 Å². The molecule has 0 spiro atoms. The van der Waals surface area contributed by atoms with Crippen molar-refractivity contribution < 1.29 is 4.79 Å². The molecular weight excluding hydrogens is 406 g/mol. The van der Waals surface area contributed by atoms with Crippen LogP contribution in [0.15, 0.2) is 45.5 Å². The minimum atomic E-state index is -0.391. The van der Waals surface area contributed by atoms with Gasteiger partial charge in [-0.25, -0.2) is 4.98 Å². The van der Waals surface area contributed by atoms with Gasteiger partial charge in [0.1, 0.15) is 5.82 Å². The maximum Gasteiger partial charge on any atom is 0.257 e. The Kier molecular flexibility index (Phi) is 5.86. The molecule has 2 aromatic rings. The standard InChI is InChI=1S/C25H31N3O2S/c1-6-11-31-24-27-22-21(23(30)28-24)19(16-9-7-15(8-10-16)14(2)3)20-17(26-22)12-25(4,5)13-18(20)29/h7-10,14,19H,6,11-13H2,1-5H3,(H2,26,27,28,30)/t19-/m0/s1. The number of aromatic amines is 1. The molecule has 1 aliphatic carbocycles. The highest BCUT2D eigenvalue weighted by Gasteiger charge is 2.42. The van der Waals surface area contributed by atoms with Gasteiger partial charge in [0.2, 0.25) is 0 Å². The molecule has 164 valence electrons. The first-order valence-electron chi connectivity index (χ1n) is 11.1. The normalized spacial score (nSPS) is 19.8. The number of allylic oxidation sites excluding steroid dienone is 2. The van der Waals surface area contributed by atoms with Gasteiger partial charge in [0, 0.05) is 29.4 Å². The molecule has 1 atom stereocenters. The second-order valence-electron chi connectivity index (χ2n) is 9.69. The van der Waals surface area contributed by atoms with E-state index in [0.29, 0.717) is 28.9 Å². The van der Waals surface area contributed by atoms with E-state index in [-0.39, 0.29) is 16.8 Å². The molecule has 6 heteroatoms. The van der Waals surface area contributed by atoms with Crippen molar-refractivity contribution in [1.82, 2.24) is 9.97 Å². The highest BCUT2D eigenvalue weighted by molar-refractivity contribution is 7.99. The van der Waals surface area contributed by atoms with E-state index in [4.69, 9.17) is 4.98 Å². The molecule has 0 bridgehead atoms. The van der Waals surface area contributed by atoms with E-state index in [1.165, 1.54) is 5.56 Å². The molecule has 0 saturated carbocycles. The highest BCUT2D eigenvalue weighted by atomic mass is 32.2. The third kappa shape index (κ3) is 4.22. The maximum atomic E-state index is 13.3. The van der Waals surface area contributed by atoms with Crippen LogP contribution in [0.1, 0.15) is 82.4 Å².